The SMILES string of the molecule is N#CCCCCCOc1ccccc1CC#N. The molecule has 0 aliphatic carbocycles. The molecule has 0 aliphatic heterocycles. The molecule has 3 heteroatoms. The van der Waals surface area contributed by atoms with E-state index < -0.39 is 0 Å². The van der Waals surface area contributed by atoms with E-state index in [1.807, 2.05) is 24.3 Å². The summed E-state index contributed by atoms with van der Waals surface area (Å²) in [7, 11) is 0. The van der Waals surface area contributed by atoms with Crippen LogP contribution >= 0.6 is 0 Å². The van der Waals surface area contributed by atoms with Gasteiger partial charge >= 0.3 is 0 Å². The van der Waals surface area contributed by atoms with Gasteiger partial charge in [-0.15, -0.1) is 0 Å². The Morgan fingerprint density at radius 1 is 1.00 bits per heavy atom. The molecule has 1 aromatic rings. The number of rotatable bonds is 7. The summed E-state index contributed by atoms with van der Waals surface area (Å²) < 4.78 is 5.64. The lowest BCUT2D eigenvalue weighted by Gasteiger charge is -2.09. The van der Waals surface area contributed by atoms with Gasteiger partial charge in [-0.1, -0.05) is 18.2 Å². The lowest BCUT2D eigenvalue weighted by molar-refractivity contribution is 0.303. The maximum Gasteiger partial charge on any atom is 0.123 e. The maximum absolute atomic E-state index is 8.68. The third-order valence-electron chi connectivity index (χ3n) is 2.43. The molecule has 0 aromatic heterocycles. The number of nitrogens with zero attached hydrogens (tertiary/aromatic N) is 2. The molecule has 0 fully saturated rings. The summed E-state index contributed by atoms with van der Waals surface area (Å²) in [5.74, 6) is 0.800. The van der Waals surface area contributed by atoms with E-state index in [0.717, 1.165) is 30.6 Å². The second-order valence-corrected chi connectivity index (χ2v) is 3.76. The standard InChI is InChI=1S/C14H16N2O/c15-10-5-1-2-6-12-17-14-8-4-3-7-13(14)9-11-16/h3-4,7-8H,1-2,5-6,9,12H2. The van der Waals surface area contributed by atoms with E-state index in [2.05, 4.69) is 12.1 Å². The zero-order valence-corrected chi connectivity index (χ0v) is 9.85. The summed E-state index contributed by atoms with van der Waals surface area (Å²) in [6.07, 6.45) is 3.88. The number of para-hydroxylation sites is 1. The van der Waals surface area contributed by atoms with Crippen LogP contribution in [0.1, 0.15) is 31.2 Å². The zero-order valence-electron chi connectivity index (χ0n) is 9.85. The molecule has 0 amide bonds. The van der Waals surface area contributed by atoms with E-state index in [1.54, 1.807) is 0 Å². The molecule has 0 N–H and O–H groups in total. The van der Waals surface area contributed by atoms with E-state index in [4.69, 9.17) is 15.3 Å². The predicted octanol–water partition coefficient (Wildman–Crippen LogP) is 3.22. The van der Waals surface area contributed by atoms with Crippen LogP contribution in [0, 0.1) is 22.7 Å². The highest BCUT2D eigenvalue weighted by Crippen LogP contribution is 2.18. The first-order valence-electron chi connectivity index (χ1n) is 5.83. The van der Waals surface area contributed by atoms with E-state index in [9.17, 15) is 0 Å². The average molecular weight is 228 g/mol. The molecule has 1 rings (SSSR count). The maximum atomic E-state index is 8.68. The Morgan fingerprint density at radius 3 is 2.59 bits per heavy atom. The molecule has 0 saturated carbocycles. The van der Waals surface area contributed by atoms with Gasteiger partial charge in [0.1, 0.15) is 5.75 Å². The Hall–Kier alpha value is -2.00. The number of hydrogen-bond donors (Lipinski definition) is 0. The minimum Gasteiger partial charge on any atom is -0.493 e. The Morgan fingerprint density at radius 2 is 1.82 bits per heavy atom. The Bertz CT molecular complexity index is 415. The molecular weight excluding hydrogens is 212 g/mol. The van der Waals surface area contributed by atoms with E-state index in [0.29, 0.717) is 19.4 Å². The molecule has 3 nitrogen and oxygen atoms in total. The summed E-state index contributed by atoms with van der Waals surface area (Å²) in [5, 5.41) is 17.1. The van der Waals surface area contributed by atoms with Crippen molar-refractivity contribution in [3.8, 4) is 17.9 Å². The highest BCUT2D eigenvalue weighted by atomic mass is 16.5. The van der Waals surface area contributed by atoms with Crippen molar-refractivity contribution >= 4 is 0 Å². The molecule has 0 saturated heterocycles. The van der Waals surface area contributed by atoms with Crippen molar-refractivity contribution in [3.63, 3.8) is 0 Å². The number of nitriles is 2. The first kappa shape index (κ1) is 13.1. The van der Waals surface area contributed by atoms with Crippen molar-refractivity contribution in [3.05, 3.63) is 29.8 Å². The van der Waals surface area contributed by atoms with Gasteiger partial charge in [0.25, 0.3) is 0 Å². The van der Waals surface area contributed by atoms with Crippen LogP contribution in [0.2, 0.25) is 0 Å². The molecule has 1 aromatic carbocycles. The second-order valence-electron chi connectivity index (χ2n) is 3.76. The third kappa shape index (κ3) is 5.04. The van der Waals surface area contributed by atoms with Crippen LogP contribution in [-0.4, -0.2) is 6.61 Å². The van der Waals surface area contributed by atoms with Gasteiger partial charge in [0, 0.05) is 12.0 Å². The highest BCUT2D eigenvalue weighted by molar-refractivity contribution is 5.35. The van der Waals surface area contributed by atoms with Crippen LogP contribution in [0.4, 0.5) is 0 Å². The first-order valence-corrected chi connectivity index (χ1v) is 5.83. The van der Waals surface area contributed by atoms with Crippen molar-refractivity contribution in [2.75, 3.05) is 6.61 Å². The second kappa shape index (κ2) is 8.19. The molecular formula is C14H16N2O. The third-order valence-corrected chi connectivity index (χ3v) is 2.43. The average Bonchev–Trinajstić information content (AvgIpc) is 2.36. The van der Waals surface area contributed by atoms with Crippen molar-refractivity contribution in [2.24, 2.45) is 0 Å². The fourth-order valence-electron chi connectivity index (χ4n) is 1.54. The number of hydrogen-bond acceptors (Lipinski definition) is 3. The molecule has 0 spiro atoms. The molecule has 0 bridgehead atoms. The molecule has 0 radical (unpaired) electrons. The Labute approximate surface area is 102 Å². The summed E-state index contributed by atoms with van der Waals surface area (Å²) in [5.41, 5.74) is 0.937. The van der Waals surface area contributed by atoms with E-state index in [-0.39, 0.29) is 0 Å². The predicted molar refractivity (Wildman–Crippen MR) is 65.3 cm³/mol. The molecule has 0 aliphatic rings. The Balaban J connectivity index is 2.31. The number of benzene rings is 1. The summed E-state index contributed by atoms with van der Waals surface area (Å²) in [6, 6.07) is 11.9. The fraction of sp³-hybridized carbons (Fsp3) is 0.429. The van der Waals surface area contributed by atoms with Gasteiger partial charge in [0.05, 0.1) is 25.2 Å². The Kier molecular flexibility index (Phi) is 6.29. The fourth-order valence-corrected chi connectivity index (χ4v) is 1.54. The zero-order chi connectivity index (χ0) is 12.3. The topological polar surface area (TPSA) is 56.8 Å². The van der Waals surface area contributed by atoms with Crippen LogP contribution in [0.5, 0.6) is 5.75 Å². The molecule has 88 valence electrons. The minimum absolute atomic E-state index is 0.380. The highest BCUT2D eigenvalue weighted by Gasteiger charge is 2.01. The van der Waals surface area contributed by atoms with Gasteiger partial charge in [0.15, 0.2) is 0 Å². The van der Waals surface area contributed by atoms with Crippen LogP contribution in [0.3, 0.4) is 0 Å². The normalized spacial score (nSPS) is 9.29. The van der Waals surface area contributed by atoms with Crippen molar-refractivity contribution < 1.29 is 4.74 Å². The number of unbranched alkanes of at least 4 members (excludes halogenated alkanes) is 3. The smallest absolute Gasteiger partial charge is 0.123 e. The van der Waals surface area contributed by atoms with Crippen LogP contribution < -0.4 is 4.74 Å². The number of ether oxygens (including phenoxy) is 1. The largest absolute Gasteiger partial charge is 0.493 e. The van der Waals surface area contributed by atoms with Gasteiger partial charge in [-0.2, -0.15) is 10.5 Å². The molecule has 17 heavy (non-hydrogen) atoms. The van der Waals surface area contributed by atoms with Crippen molar-refractivity contribution in [2.45, 2.75) is 32.1 Å². The van der Waals surface area contributed by atoms with Crippen molar-refractivity contribution in [1.29, 1.82) is 10.5 Å². The first-order chi connectivity index (χ1) is 8.38. The van der Waals surface area contributed by atoms with E-state index in [1.165, 1.54) is 0 Å². The van der Waals surface area contributed by atoms with Gasteiger partial charge < -0.3 is 4.74 Å². The van der Waals surface area contributed by atoms with Gasteiger partial charge in [-0.25, -0.2) is 0 Å². The quantitative estimate of drug-likeness (QED) is 0.673. The van der Waals surface area contributed by atoms with Gasteiger partial charge in [-0.05, 0) is 25.3 Å². The van der Waals surface area contributed by atoms with Crippen LogP contribution in [0.25, 0.3) is 0 Å². The molecule has 0 heterocycles. The molecule has 0 unspecified atom stereocenters. The van der Waals surface area contributed by atoms with Gasteiger partial charge in [0.2, 0.25) is 0 Å². The van der Waals surface area contributed by atoms with E-state index >= 15 is 0 Å². The lowest BCUT2D eigenvalue weighted by Crippen LogP contribution is -1.99. The molecule has 0 atom stereocenters. The van der Waals surface area contributed by atoms with Gasteiger partial charge in [-0.3, -0.25) is 0 Å². The van der Waals surface area contributed by atoms with Crippen molar-refractivity contribution in [1.82, 2.24) is 0 Å². The lowest BCUT2D eigenvalue weighted by atomic mass is 10.1. The van der Waals surface area contributed by atoms with Crippen LogP contribution in [-0.2, 0) is 6.42 Å². The summed E-state index contributed by atoms with van der Waals surface area (Å²) >= 11 is 0. The summed E-state index contributed by atoms with van der Waals surface area (Å²) in [4.78, 5) is 0. The monoisotopic (exact) mass is 228 g/mol. The minimum atomic E-state index is 0.380. The van der Waals surface area contributed by atoms with Crippen LogP contribution in [0.15, 0.2) is 24.3 Å². The summed E-state index contributed by atoms with van der Waals surface area (Å²) in [6.45, 7) is 0.647.